The third-order valence-corrected chi connectivity index (χ3v) is 3.52. The Morgan fingerprint density at radius 3 is 2.95 bits per heavy atom. The average Bonchev–Trinajstić information content (AvgIpc) is 2.81. The van der Waals surface area contributed by atoms with Crippen molar-refractivity contribution in [1.82, 2.24) is 20.1 Å². The summed E-state index contributed by atoms with van der Waals surface area (Å²) in [6.45, 7) is 2.35. The molecule has 0 spiro atoms. The van der Waals surface area contributed by atoms with Gasteiger partial charge in [0.1, 0.15) is 0 Å². The fraction of sp³-hybridized carbons (Fsp3) is 0.533. The van der Waals surface area contributed by atoms with Crippen molar-refractivity contribution in [3.8, 4) is 0 Å². The van der Waals surface area contributed by atoms with Crippen molar-refractivity contribution in [3.63, 3.8) is 0 Å². The van der Waals surface area contributed by atoms with E-state index in [1.165, 1.54) is 0 Å². The Kier molecular flexibility index (Phi) is 5.27. The number of pyridine rings is 1. The standard InChI is InChI=1S/C15H22N4O2/c1-18(2)8-7-17-15(21)12-9-14(20)19(10-12)11-13-5-3-4-6-16-13/h3-6,12H,7-11H2,1-2H3,(H,17,21)/t12-/m1/s1. The number of carbonyl (C=O) groups excluding carboxylic acids is 2. The molecule has 2 amide bonds. The van der Waals surface area contributed by atoms with E-state index < -0.39 is 0 Å². The minimum atomic E-state index is -0.247. The first kappa shape index (κ1) is 15.4. The van der Waals surface area contributed by atoms with Crippen molar-refractivity contribution in [2.24, 2.45) is 5.92 Å². The predicted molar refractivity (Wildman–Crippen MR) is 79.3 cm³/mol. The quantitative estimate of drug-likeness (QED) is 0.807. The average molecular weight is 290 g/mol. The number of nitrogens with one attached hydrogen (secondary N) is 1. The highest BCUT2D eigenvalue weighted by atomic mass is 16.2. The first-order valence-electron chi connectivity index (χ1n) is 7.16. The second-order valence-electron chi connectivity index (χ2n) is 5.59. The zero-order valence-electron chi connectivity index (χ0n) is 12.6. The summed E-state index contributed by atoms with van der Waals surface area (Å²) in [7, 11) is 3.92. The topological polar surface area (TPSA) is 65.5 Å². The number of hydrogen-bond acceptors (Lipinski definition) is 4. The Hall–Kier alpha value is -1.95. The van der Waals surface area contributed by atoms with Crippen molar-refractivity contribution in [1.29, 1.82) is 0 Å². The first-order chi connectivity index (χ1) is 10.1. The molecule has 1 saturated heterocycles. The zero-order chi connectivity index (χ0) is 15.2. The van der Waals surface area contributed by atoms with Crippen LogP contribution in [0.4, 0.5) is 0 Å². The summed E-state index contributed by atoms with van der Waals surface area (Å²) in [6, 6.07) is 5.63. The van der Waals surface area contributed by atoms with Crippen LogP contribution < -0.4 is 5.32 Å². The van der Waals surface area contributed by atoms with Gasteiger partial charge in [-0.1, -0.05) is 6.07 Å². The number of rotatable bonds is 6. The lowest BCUT2D eigenvalue weighted by Crippen LogP contribution is -2.36. The molecule has 0 radical (unpaired) electrons. The van der Waals surface area contributed by atoms with E-state index in [9.17, 15) is 9.59 Å². The molecule has 1 fully saturated rings. The zero-order valence-corrected chi connectivity index (χ0v) is 12.6. The molecule has 1 aromatic rings. The molecule has 0 saturated carbocycles. The van der Waals surface area contributed by atoms with Gasteiger partial charge < -0.3 is 15.1 Å². The maximum absolute atomic E-state index is 12.0. The molecule has 6 nitrogen and oxygen atoms in total. The lowest BCUT2D eigenvalue weighted by Gasteiger charge is -2.16. The molecule has 0 aromatic carbocycles. The molecule has 0 unspecified atom stereocenters. The largest absolute Gasteiger partial charge is 0.355 e. The fourth-order valence-corrected chi connectivity index (χ4v) is 2.33. The number of amides is 2. The maximum Gasteiger partial charge on any atom is 0.225 e. The smallest absolute Gasteiger partial charge is 0.225 e. The van der Waals surface area contributed by atoms with E-state index in [4.69, 9.17) is 0 Å². The summed E-state index contributed by atoms with van der Waals surface area (Å²) < 4.78 is 0. The van der Waals surface area contributed by atoms with Crippen LogP contribution in [-0.2, 0) is 16.1 Å². The molecule has 1 aliphatic rings. The van der Waals surface area contributed by atoms with Gasteiger partial charge in [0.25, 0.3) is 0 Å². The molecule has 2 rings (SSSR count). The van der Waals surface area contributed by atoms with Crippen molar-refractivity contribution < 1.29 is 9.59 Å². The highest BCUT2D eigenvalue weighted by Crippen LogP contribution is 2.19. The summed E-state index contributed by atoms with van der Waals surface area (Å²) in [4.78, 5) is 32.0. The molecule has 2 heterocycles. The van der Waals surface area contributed by atoms with Crippen LogP contribution in [0, 0.1) is 5.92 Å². The van der Waals surface area contributed by atoms with Crippen molar-refractivity contribution in [2.75, 3.05) is 33.7 Å². The van der Waals surface area contributed by atoms with E-state index in [0.29, 0.717) is 26.1 Å². The third-order valence-electron chi connectivity index (χ3n) is 3.52. The Bertz CT molecular complexity index is 490. The Balaban J connectivity index is 1.83. The minimum absolute atomic E-state index is 0.0217. The van der Waals surface area contributed by atoms with Gasteiger partial charge in [0.15, 0.2) is 0 Å². The number of hydrogen-bond donors (Lipinski definition) is 1. The highest BCUT2D eigenvalue weighted by Gasteiger charge is 2.34. The van der Waals surface area contributed by atoms with Gasteiger partial charge in [0.05, 0.1) is 18.2 Å². The van der Waals surface area contributed by atoms with E-state index in [1.54, 1.807) is 11.1 Å². The molecule has 0 bridgehead atoms. The first-order valence-corrected chi connectivity index (χ1v) is 7.16. The summed E-state index contributed by atoms with van der Waals surface area (Å²) in [6.07, 6.45) is 2.00. The molecule has 21 heavy (non-hydrogen) atoms. The van der Waals surface area contributed by atoms with Crippen molar-refractivity contribution in [2.45, 2.75) is 13.0 Å². The molecular weight excluding hydrogens is 268 g/mol. The van der Waals surface area contributed by atoms with Crippen LogP contribution in [0.3, 0.4) is 0 Å². The SMILES string of the molecule is CN(C)CCNC(=O)[C@@H]1CC(=O)N(Cc2ccccn2)C1. The van der Waals surface area contributed by atoms with E-state index in [1.807, 2.05) is 37.2 Å². The fourth-order valence-electron chi connectivity index (χ4n) is 2.33. The molecule has 1 aliphatic heterocycles. The third kappa shape index (κ3) is 4.53. The van der Waals surface area contributed by atoms with Crippen LogP contribution in [0.25, 0.3) is 0 Å². The molecule has 1 aromatic heterocycles. The number of nitrogens with zero attached hydrogens (tertiary/aromatic N) is 3. The lowest BCUT2D eigenvalue weighted by atomic mass is 10.1. The maximum atomic E-state index is 12.0. The minimum Gasteiger partial charge on any atom is -0.355 e. The second kappa shape index (κ2) is 7.17. The molecular formula is C15H22N4O2. The molecule has 6 heteroatoms. The van der Waals surface area contributed by atoms with Gasteiger partial charge in [-0.3, -0.25) is 14.6 Å². The number of carbonyl (C=O) groups is 2. The van der Waals surface area contributed by atoms with Crippen LogP contribution in [0.1, 0.15) is 12.1 Å². The van der Waals surface area contributed by atoms with Gasteiger partial charge in [-0.05, 0) is 26.2 Å². The number of likely N-dealkylation sites (N-methyl/N-ethyl adjacent to an activating group) is 1. The van der Waals surface area contributed by atoms with E-state index >= 15 is 0 Å². The highest BCUT2D eigenvalue weighted by molar-refractivity contribution is 5.89. The van der Waals surface area contributed by atoms with Crippen molar-refractivity contribution >= 4 is 11.8 Å². The molecule has 0 aliphatic carbocycles. The molecule has 1 atom stereocenters. The predicted octanol–water partition coefficient (Wildman–Crippen LogP) is 0.108. The van der Waals surface area contributed by atoms with Gasteiger partial charge >= 0.3 is 0 Å². The van der Waals surface area contributed by atoms with Crippen LogP contribution >= 0.6 is 0 Å². The monoisotopic (exact) mass is 290 g/mol. The lowest BCUT2D eigenvalue weighted by molar-refractivity contribution is -0.129. The number of likely N-dealkylation sites (tertiary alicyclic amines) is 1. The number of aromatic nitrogens is 1. The van der Waals surface area contributed by atoms with Gasteiger partial charge in [-0.15, -0.1) is 0 Å². The Morgan fingerprint density at radius 1 is 1.48 bits per heavy atom. The van der Waals surface area contributed by atoms with Gasteiger partial charge in [0, 0.05) is 32.3 Å². The van der Waals surface area contributed by atoms with Crippen LogP contribution in [0.15, 0.2) is 24.4 Å². The van der Waals surface area contributed by atoms with E-state index in [2.05, 4.69) is 10.3 Å². The van der Waals surface area contributed by atoms with Crippen LogP contribution in [-0.4, -0.2) is 60.3 Å². The van der Waals surface area contributed by atoms with Crippen LogP contribution in [0.5, 0.6) is 0 Å². The Labute approximate surface area is 125 Å². The normalized spacial score (nSPS) is 18.3. The molecule has 114 valence electrons. The summed E-state index contributed by atoms with van der Waals surface area (Å²) in [5, 5.41) is 2.89. The summed E-state index contributed by atoms with van der Waals surface area (Å²) in [5.74, 6) is -0.259. The Morgan fingerprint density at radius 2 is 2.29 bits per heavy atom. The van der Waals surface area contributed by atoms with E-state index in [-0.39, 0.29) is 17.7 Å². The second-order valence-corrected chi connectivity index (χ2v) is 5.59. The summed E-state index contributed by atoms with van der Waals surface area (Å²) >= 11 is 0. The van der Waals surface area contributed by atoms with Gasteiger partial charge in [-0.2, -0.15) is 0 Å². The molecule has 1 N–H and O–H groups in total. The van der Waals surface area contributed by atoms with Gasteiger partial charge in [-0.25, -0.2) is 0 Å². The summed E-state index contributed by atoms with van der Waals surface area (Å²) in [5.41, 5.74) is 0.847. The van der Waals surface area contributed by atoms with Crippen molar-refractivity contribution in [3.05, 3.63) is 30.1 Å². The van der Waals surface area contributed by atoms with E-state index in [0.717, 1.165) is 12.2 Å². The van der Waals surface area contributed by atoms with Crippen LogP contribution in [0.2, 0.25) is 0 Å². The van der Waals surface area contributed by atoms with Gasteiger partial charge in [0.2, 0.25) is 11.8 Å².